The summed E-state index contributed by atoms with van der Waals surface area (Å²) in [5.74, 6) is -2.08. The van der Waals surface area contributed by atoms with Crippen LogP contribution in [0.4, 0.5) is 18.9 Å². The number of aromatic carboxylic acids is 1. The van der Waals surface area contributed by atoms with Gasteiger partial charge in [-0.05, 0) is 13.0 Å². The molecule has 8 heteroatoms. The average Bonchev–Trinajstić information content (AvgIpc) is 2.18. The number of hydrogen-bond acceptors (Lipinski definition) is 4. The number of nitrogens with zero attached hydrogens (tertiary/aromatic N) is 1. The first kappa shape index (κ1) is 13.1. The number of anilines is 1. The maximum absolute atomic E-state index is 12.2. The Hall–Kier alpha value is -1.99. The standard InChI is InChI=1S/C9H9F3N2O3/c1-4(9(10,11)12)17-7-6(8(15)16)2-5(13)3-14-7/h2-4H,13H2,1H3,(H,15,16). The number of halogens is 3. The lowest BCUT2D eigenvalue weighted by Gasteiger charge is -2.17. The Morgan fingerprint density at radius 1 is 1.59 bits per heavy atom. The van der Waals surface area contributed by atoms with Crippen LogP contribution in [0.25, 0.3) is 0 Å². The summed E-state index contributed by atoms with van der Waals surface area (Å²) in [6.45, 7) is 0.754. The van der Waals surface area contributed by atoms with E-state index in [0.29, 0.717) is 0 Å². The molecule has 3 N–H and O–H groups in total. The van der Waals surface area contributed by atoms with Crippen molar-refractivity contribution in [2.75, 3.05) is 5.73 Å². The molecule has 0 saturated carbocycles. The molecule has 1 heterocycles. The normalized spacial score (nSPS) is 13.2. The zero-order valence-corrected chi connectivity index (χ0v) is 8.65. The predicted octanol–water partition coefficient (Wildman–Crippen LogP) is 1.69. The zero-order chi connectivity index (χ0) is 13.2. The van der Waals surface area contributed by atoms with E-state index in [2.05, 4.69) is 9.72 Å². The summed E-state index contributed by atoms with van der Waals surface area (Å²) >= 11 is 0. The van der Waals surface area contributed by atoms with Crippen molar-refractivity contribution in [2.24, 2.45) is 0 Å². The van der Waals surface area contributed by atoms with E-state index in [1.807, 2.05) is 0 Å². The van der Waals surface area contributed by atoms with Gasteiger partial charge in [0.25, 0.3) is 0 Å². The first-order chi connectivity index (χ1) is 7.71. The fourth-order valence-corrected chi connectivity index (χ4v) is 0.950. The van der Waals surface area contributed by atoms with Gasteiger partial charge in [0.15, 0.2) is 6.10 Å². The third-order valence-electron chi connectivity index (χ3n) is 1.85. The quantitative estimate of drug-likeness (QED) is 0.852. The lowest BCUT2D eigenvalue weighted by molar-refractivity contribution is -0.190. The summed E-state index contributed by atoms with van der Waals surface area (Å²) in [4.78, 5) is 14.2. The second-order valence-electron chi connectivity index (χ2n) is 3.23. The molecule has 17 heavy (non-hydrogen) atoms. The molecule has 0 aliphatic carbocycles. The maximum atomic E-state index is 12.2. The summed E-state index contributed by atoms with van der Waals surface area (Å²) in [5, 5.41) is 8.75. The van der Waals surface area contributed by atoms with Gasteiger partial charge in [0, 0.05) is 0 Å². The molecule has 0 aliphatic heterocycles. The highest BCUT2D eigenvalue weighted by molar-refractivity contribution is 5.91. The van der Waals surface area contributed by atoms with Crippen LogP contribution < -0.4 is 10.5 Å². The topological polar surface area (TPSA) is 85.4 Å². The van der Waals surface area contributed by atoms with Crippen molar-refractivity contribution in [1.29, 1.82) is 0 Å². The largest absolute Gasteiger partial charge is 0.477 e. The van der Waals surface area contributed by atoms with Crippen LogP contribution in [-0.2, 0) is 0 Å². The number of nitrogens with two attached hydrogens (primary N) is 1. The third kappa shape index (κ3) is 3.23. The zero-order valence-electron chi connectivity index (χ0n) is 8.65. The van der Waals surface area contributed by atoms with Gasteiger partial charge in [-0.2, -0.15) is 13.2 Å². The summed E-state index contributed by atoms with van der Waals surface area (Å²) in [6.07, 6.45) is -5.74. The van der Waals surface area contributed by atoms with Gasteiger partial charge in [-0.25, -0.2) is 9.78 Å². The molecular weight excluding hydrogens is 241 g/mol. The van der Waals surface area contributed by atoms with Gasteiger partial charge in [-0.1, -0.05) is 0 Å². The molecule has 1 aromatic heterocycles. The number of carbonyl (C=O) groups is 1. The number of carboxylic acids is 1. The molecule has 1 aromatic rings. The SMILES string of the molecule is CC(Oc1ncc(N)cc1C(=O)O)C(F)(F)F. The number of ether oxygens (including phenoxy) is 1. The lowest BCUT2D eigenvalue weighted by atomic mass is 10.2. The molecule has 0 spiro atoms. The fourth-order valence-electron chi connectivity index (χ4n) is 0.950. The van der Waals surface area contributed by atoms with Gasteiger partial charge < -0.3 is 15.6 Å². The number of hydrogen-bond donors (Lipinski definition) is 2. The van der Waals surface area contributed by atoms with Crippen LogP contribution in [0.1, 0.15) is 17.3 Å². The molecule has 1 rings (SSSR count). The summed E-state index contributed by atoms with van der Waals surface area (Å²) in [5.41, 5.74) is 4.79. The molecule has 5 nitrogen and oxygen atoms in total. The van der Waals surface area contributed by atoms with E-state index in [1.54, 1.807) is 0 Å². The van der Waals surface area contributed by atoms with E-state index in [0.717, 1.165) is 19.2 Å². The van der Waals surface area contributed by atoms with Crippen molar-refractivity contribution >= 4 is 11.7 Å². The second kappa shape index (κ2) is 4.48. The molecule has 1 unspecified atom stereocenters. The Labute approximate surface area is 94.0 Å². The second-order valence-corrected chi connectivity index (χ2v) is 3.23. The van der Waals surface area contributed by atoms with E-state index in [-0.39, 0.29) is 5.69 Å². The minimum atomic E-state index is -4.60. The first-order valence-electron chi connectivity index (χ1n) is 4.44. The van der Waals surface area contributed by atoms with Crippen LogP contribution in [0.15, 0.2) is 12.3 Å². The lowest BCUT2D eigenvalue weighted by Crippen LogP contribution is -2.32. The number of aromatic nitrogens is 1. The molecule has 0 fully saturated rings. The number of carboxylic acid groups (broad SMARTS) is 1. The average molecular weight is 250 g/mol. The van der Waals surface area contributed by atoms with Crippen molar-refractivity contribution in [3.8, 4) is 5.88 Å². The van der Waals surface area contributed by atoms with Crippen LogP contribution in [-0.4, -0.2) is 28.3 Å². The van der Waals surface area contributed by atoms with Crippen molar-refractivity contribution < 1.29 is 27.8 Å². The van der Waals surface area contributed by atoms with Crippen LogP contribution in [0.2, 0.25) is 0 Å². The fraction of sp³-hybridized carbons (Fsp3) is 0.333. The summed E-state index contributed by atoms with van der Waals surface area (Å²) in [6, 6.07) is 0.980. The van der Waals surface area contributed by atoms with E-state index in [4.69, 9.17) is 10.8 Å². The Morgan fingerprint density at radius 3 is 2.65 bits per heavy atom. The van der Waals surface area contributed by atoms with Crippen molar-refractivity contribution in [3.05, 3.63) is 17.8 Å². The van der Waals surface area contributed by atoms with E-state index < -0.39 is 29.7 Å². The molecule has 0 bridgehead atoms. The monoisotopic (exact) mass is 250 g/mol. The highest BCUT2D eigenvalue weighted by Gasteiger charge is 2.39. The molecular formula is C9H9F3N2O3. The number of pyridine rings is 1. The summed E-state index contributed by atoms with van der Waals surface area (Å²) < 4.78 is 41.1. The van der Waals surface area contributed by atoms with Crippen molar-refractivity contribution in [1.82, 2.24) is 4.98 Å². The van der Waals surface area contributed by atoms with Gasteiger partial charge in [0.05, 0.1) is 11.9 Å². The third-order valence-corrected chi connectivity index (χ3v) is 1.85. The molecule has 0 aromatic carbocycles. The van der Waals surface area contributed by atoms with Crippen LogP contribution in [0.5, 0.6) is 5.88 Å². The Morgan fingerprint density at radius 2 is 2.18 bits per heavy atom. The number of rotatable bonds is 3. The van der Waals surface area contributed by atoms with Gasteiger partial charge >= 0.3 is 12.1 Å². The molecule has 0 radical (unpaired) electrons. The van der Waals surface area contributed by atoms with Crippen LogP contribution in [0.3, 0.4) is 0 Å². The first-order valence-corrected chi connectivity index (χ1v) is 4.44. The van der Waals surface area contributed by atoms with E-state index in [9.17, 15) is 18.0 Å². The van der Waals surface area contributed by atoms with Gasteiger partial charge in [0.2, 0.25) is 5.88 Å². The number of alkyl halides is 3. The highest BCUT2D eigenvalue weighted by Crippen LogP contribution is 2.26. The van der Waals surface area contributed by atoms with Crippen molar-refractivity contribution in [3.63, 3.8) is 0 Å². The molecule has 0 aliphatic rings. The molecule has 94 valence electrons. The minimum Gasteiger partial charge on any atom is -0.477 e. The van der Waals surface area contributed by atoms with Crippen LogP contribution >= 0.6 is 0 Å². The Kier molecular flexibility index (Phi) is 3.45. The molecule has 0 saturated heterocycles. The summed E-state index contributed by atoms with van der Waals surface area (Å²) in [7, 11) is 0. The Bertz CT molecular complexity index is 434. The Balaban J connectivity index is 3.03. The molecule has 1 atom stereocenters. The smallest absolute Gasteiger partial charge is 0.425 e. The predicted molar refractivity (Wildman–Crippen MR) is 51.8 cm³/mol. The van der Waals surface area contributed by atoms with E-state index >= 15 is 0 Å². The van der Waals surface area contributed by atoms with Gasteiger partial charge in [-0.3, -0.25) is 0 Å². The van der Waals surface area contributed by atoms with Gasteiger partial charge in [-0.15, -0.1) is 0 Å². The van der Waals surface area contributed by atoms with E-state index in [1.165, 1.54) is 0 Å². The number of nitrogen functional groups attached to an aromatic ring is 1. The minimum absolute atomic E-state index is 0.0226. The highest BCUT2D eigenvalue weighted by atomic mass is 19.4. The van der Waals surface area contributed by atoms with Crippen molar-refractivity contribution in [2.45, 2.75) is 19.2 Å². The van der Waals surface area contributed by atoms with Gasteiger partial charge in [0.1, 0.15) is 5.56 Å². The molecule has 0 amide bonds. The maximum Gasteiger partial charge on any atom is 0.425 e. The van der Waals surface area contributed by atoms with Crippen LogP contribution in [0, 0.1) is 0 Å².